The number of amides is 1. The lowest BCUT2D eigenvalue weighted by atomic mass is 9.89. The Labute approximate surface area is 219 Å². The second kappa shape index (κ2) is 9.83. The summed E-state index contributed by atoms with van der Waals surface area (Å²) >= 11 is 3.19. The van der Waals surface area contributed by atoms with E-state index in [1.807, 2.05) is 42.2 Å². The molecule has 0 spiro atoms. The van der Waals surface area contributed by atoms with Crippen molar-refractivity contribution in [2.24, 2.45) is 16.1 Å². The van der Waals surface area contributed by atoms with E-state index in [4.69, 9.17) is 16.5 Å². The number of aromatic nitrogens is 2. The van der Waals surface area contributed by atoms with Gasteiger partial charge in [-0.15, -0.1) is 18.3 Å². The number of carbonyl (C=O) groups excluding carboxylic acids is 1. The first-order chi connectivity index (χ1) is 16.9. The molecule has 1 aromatic heterocycles. The second-order valence-electron chi connectivity index (χ2n) is 9.53. The van der Waals surface area contributed by atoms with Crippen LogP contribution in [0.25, 0.3) is 5.70 Å². The SMILES string of the molecule is C=C[C@H]1CN2C(=O)[C@@H](NC(=C)C(=NCC(C)(C)C(=C)n3ccc(N)nc3=O)C3=CSC(N)N3C)C2S1. The van der Waals surface area contributed by atoms with E-state index >= 15 is 0 Å². The third kappa shape index (κ3) is 4.72. The molecule has 0 saturated carbocycles. The summed E-state index contributed by atoms with van der Waals surface area (Å²) in [6.45, 7) is 17.1. The van der Waals surface area contributed by atoms with Crippen LogP contribution in [0.15, 0.2) is 64.7 Å². The maximum absolute atomic E-state index is 12.7. The Balaban J connectivity index is 1.57. The van der Waals surface area contributed by atoms with Crippen molar-refractivity contribution in [3.05, 3.63) is 65.4 Å². The summed E-state index contributed by atoms with van der Waals surface area (Å²) < 4.78 is 1.38. The van der Waals surface area contributed by atoms with Gasteiger partial charge < -0.3 is 26.6 Å². The van der Waals surface area contributed by atoms with E-state index in [0.29, 0.717) is 30.2 Å². The zero-order valence-electron chi connectivity index (χ0n) is 20.7. The Morgan fingerprint density at radius 3 is 2.72 bits per heavy atom. The van der Waals surface area contributed by atoms with E-state index < -0.39 is 11.1 Å². The van der Waals surface area contributed by atoms with Crippen LogP contribution in [0.3, 0.4) is 0 Å². The van der Waals surface area contributed by atoms with Crippen molar-refractivity contribution in [3.63, 3.8) is 0 Å². The van der Waals surface area contributed by atoms with Gasteiger partial charge in [0.05, 0.1) is 17.9 Å². The average Bonchev–Trinajstić information content (AvgIpc) is 3.38. The zero-order valence-corrected chi connectivity index (χ0v) is 22.3. The third-order valence-electron chi connectivity index (χ3n) is 6.56. The number of nitrogen functional groups attached to an aromatic ring is 1. The number of hydrogen-bond donors (Lipinski definition) is 3. The van der Waals surface area contributed by atoms with Crippen molar-refractivity contribution in [2.45, 2.75) is 36.0 Å². The van der Waals surface area contributed by atoms with Crippen LogP contribution in [-0.4, -0.2) is 73.3 Å². The van der Waals surface area contributed by atoms with Gasteiger partial charge in [-0.3, -0.25) is 14.4 Å². The first-order valence-corrected chi connectivity index (χ1v) is 13.3. The molecule has 5 N–H and O–H groups in total. The normalized spacial score (nSPS) is 25.8. The molecule has 0 bridgehead atoms. The molecule has 2 unspecified atom stereocenters. The highest BCUT2D eigenvalue weighted by atomic mass is 32.2. The summed E-state index contributed by atoms with van der Waals surface area (Å²) in [6.07, 6.45) is 3.44. The number of aliphatic imine (C=N–C) groups is 1. The summed E-state index contributed by atoms with van der Waals surface area (Å²) in [4.78, 5) is 37.6. The lowest BCUT2D eigenvalue weighted by molar-refractivity contribution is -0.144. The van der Waals surface area contributed by atoms with Gasteiger partial charge >= 0.3 is 5.69 Å². The van der Waals surface area contributed by atoms with Crippen LogP contribution in [-0.2, 0) is 4.79 Å². The van der Waals surface area contributed by atoms with Gasteiger partial charge in [-0.05, 0) is 6.07 Å². The predicted octanol–water partition coefficient (Wildman–Crippen LogP) is 1.47. The highest BCUT2D eigenvalue weighted by Crippen LogP contribution is 2.41. The van der Waals surface area contributed by atoms with Gasteiger partial charge in [-0.25, -0.2) is 4.79 Å². The van der Waals surface area contributed by atoms with E-state index in [2.05, 4.69) is 30.0 Å². The number of carbonyl (C=O) groups is 1. The van der Waals surface area contributed by atoms with Crippen LogP contribution >= 0.6 is 23.5 Å². The summed E-state index contributed by atoms with van der Waals surface area (Å²) in [6, 6.07) is 1.17. The zero-order chi connectivity index (χ0) is 26.4. The van der Waals surface area contributed by atoms with Crippen LogP contribution in [0, 0.1) is 5.41 Å². The predicted molar refractivity (Wildman–Crippen MR) is 149 cm³/mol. The number of rotatable bonds is 9. The molecule has 1 amide bonds. The molecule has 4 heterocycles. The Morgan fingerprint density at radius 1 is 1.39 bits per heavy atom. The molecule has 36 heavy (non-hydrogen) atoms. The molecule has 192 valence electrons. The van der Waals surface area contributed by atoms with Crippen LogP contribution in [0.4, 0.5) is 5.82 Å². The first kappa shape index (κ1) is 26.1. The maximum atomic E-state index is 12.7. The Morgan fingerprint density at radius 2 is 2.11 bits per heavy atom. The largest absolute Gasteiger partial charge is 0.383 e. The summed E-state index contributed by atoms with van der Waals surface area (Å²) in [5.41, 5.74) is 12.9. The Hall–Kier alpha value is -2.96. The third-order valence-corrected chi connectivity index (χ3v) is 9.01. The molecule has 2 fully saturated rings. The first-order valence-electron chi connectivity index (χ1n) is 11.4. The van der Waals surface area contributed by atoms with Gasteiger partial charge in [0.25, 0.3) is 0 Å². The van der Waals surface area contributed by atoms with Crippen LogP contribution in [0.5, 0.6) is 0 Å². The molecule has 3 aliphatic rings. The summed E-state index contributed by atoms with van der Waals surface area (Å²) in [5.74, 6) is 0.194. The number of β-lactam (4-membered cyclic amide) rings is 1. The summed E-state index contributed by atoms with van der Waals surface area (Å²) in [5, 5.41) is 5.52. The molecular formula is C24H32N8O2S2. The number of hydrogen-bond acceptors (Lipinski definition) is 10. The van der Waals surface area contributed by atoms with Crippen molar-refractivity contribution >= 4 is 46.7 Å². The van der Waals surface area contributed by atoms with Crippen molar-refractivity contribution in [1.82, 2.24) is 24.7 Å². The number of anilines is 1. The fourth-order valence-electron chi connectivity index (χ4n) is 4.12. The molecule has 4 atom stereocenters. The van der Waals surface area contributed by atoms with Crippen LogP contribution in [0.1, 0.15) is 13.8 Å². The fourth-order valence-corrected chi connectivity index (χ4v) is 6.36. The van der Waals surface area contributed by atoms with E-state index in [9.17, 15) is 9.59 Å². The van der Waals surface area contributed by atoms with Crippen molar-refractivity contribution < 1.29 is 4.79 Å². The minimum atomic E-state index is -0.609. The van der Waals surface area contributed by atoms with E-state index in [0.717, 1.165) is 5.70 Å². The lowest BCUT2D eigenvalue weighted by Gasteiger charge is -2.42. The topological polar surface area (TPSA) is 135 Å². The maximum Gasteiger partial charge on any atom is 0.353 e. The molecular weight excluding hydrogens is 496 g/mol. The van der Waals surface area contributed by atoms with Crippen molar-refractivity contribution in [3.8, 4) is 0 Å². The molecule has 0 aromatic carbocycles. The minimum Gasteiger partial charge on any atom is -0.383 e. The molecule has 0 aliphatic carbocycles. The Kier molecular flexibility index (Phi) is 7.13. The highest BCUT2D eigenvalue weighted by Gasteiger charge is 2.53. The van der Waals surface area contributed by atoms with Gasteiger partial charge in [0.2, 0.25) is 5.91 Å². The highest BCUT2D eigenvalue weighted by molar-refractivity contribution is 8.02. The van der Waals surface area contributed by atoms with Gasteiger partial charge in [0.15, 0.2) is 0 Å². The van der Waals surface area contributed by atoms with Crippen LogP contribution in [0.2, 0.25) is 0 Å². The second-order valence-corrected chi connectivity index (χ2v) is 11.9. The number of thioether (sulfide) groups is 2. The van der Waals surface area contributed by atoms with E-state index in [1.54, 1.807) is 24.0 Å². The van der Waals surface area contributed by atoms with Crippen molar-refractivity contribution in [1.29, 1.82) is 0 Å². The summed E-state index contributed by atoms with van der Waals surface area (Å²) in [7, 11) is 1.89. The van der Waals surface area contributed by atoms with E-state index in [1.165, 1.54) is 16.3 Å². The lowest BCUT2D eigenvalue weighted by Crippen LogP contribution is -2.66. The molecule has 0 radical (unpaired) electrons. The molecule has 4 rings (SSSR count). The van der Waals surface area contributed by atoms with Gasteiger partial charge in [-0.1, -0.05) is 44.8 Å². The number of nitrogens with one attached hydrogen (secondary N) is 1. The molecule has 10 nitrogen and oxygen atoms in total. The van der Waals surface area contributed by atoms with Crippen LogP contribution < -0.4 is 22.5 Å². The minimum absolute atomic E-state index is 0.0338. The number of fused-ring (bicyclic) bond motifs is 1. The Bertz CT molecular complexity index is 1240. The molecule has 12 heteroatoms. The molecule has 3 aliphatic heterocycles. The number of nitrogens with zero attached hydrogens (tertiary/aromatic N) is 5. The number of nitrogens with two attached hydrogens (primary N) is 2. The van der Waals surface area contributed by atoms with Crippen molar-refractivity contribution in [2.75, 3.05) is 25.9 Å². The molecule has 1 aromatic rings. The standard InChI is InChI=1S/C24H32N8O2S2/c1-7-15-10-32-20(33)19(21(32)36-15)28-13(2)18(16-11-35-22(26)30(16)6)27-12-24(4,5)14(3)31-9-8-17(25)29-23(31)34/h7-9,11,15,19,21-22,28H,1-3,10,12,26H2,4-6H3,(H2,25,29,34)/t15-,19+,21?,22?/m0/s1. The van der Waals surface area contributed by atoms with E-state index in [-0.39, 0.29) is 33.9 Å². The van der Waals surface area contributed by atoms with Gasteiger partial charge in [0, 0.05) is 41.6 Å². The smallest absolute Gasteiger partial charge is 0.353 e. The average molecular weight is 529 g/mol. The molecule has 2 saturated heterocycles. The van der Waals surface area contributed by atoms with Gasteiger partial charge in [-0.2, -0.15) is 4.98 Å². The fraction of sp³-hybridized carbons (Fsp3) is 0.417. The van der Waals surface area contributed by atoms with Gasteiger partial charge in [0.1, 0.15) is 28.4 Å². The quantitative estimate of drug-likeness (QED) is 0.247. The monoisotopic (exact) mass is 528 g/mol.